The van der Waals surface area contributed by atoms with Gasteiger partial charge >= 0.3 is 5.97 Å². The summed E-state index contributed by atoms with van der Waals surface area (Å²) in [6, 6.07) is 0. The van der Waals surface area contributed by atoms with E-state index >= 15 is 0 Å². The van der Waals surface area contributed by atoms with E-state index in [9.17, 15) is 9.90 Å². The molecule has 2 unspecified atom stereocenters. The highest BCUT2D eigenvalue weighted by molar-refractivity contribution is 5.75. The van der Waals surface area contributed by atoms with E-state index in [1.807, 2.05) is 0 Å². The number of hydrogen-bond donors (Lipinski definition) is 1. The van der Waals surface area contributed by atoms with Gasteiger partial charge < -0.3 is 14.6 Å². The normalized spacial score (nSPS) is 38.4. The number of hydrogen-bond acceptors (Lipinski definition) is 3. The third kappa shape index (κ3) is 2.29. The van der Waals surface area contributed by atoms with E-state index in [0.717, 1.165) is 45.1 Å². The van der Waals surface area contributed by atoms with Gasteiger partial charge in [0.05, 0.1) is 17.6 Å². The minimum Gasteiger partial charge on any atom is -0.481 e. The van der Waals surface area contributed by atoms with Crippen molar-refractivity contribution in [3.63, 3.8) is 0 Å². The molecule has 0 aromatic rings. The topological polar surface area (TPSA) is 55.8 Å². The van der Waals surface area contributed by atoms with Gasteiger partial charge in [-0.3, -0.25) is 4.79 Å². The van der Waals surface area contributed by atoms with Crippen LogP contribution in [-0.2, 0) is 14.3 Å². The molecule has 3 fully saturated rings. The molecule has 0 aromatic carbocycles. The van der Waals surface area contributed by atoms with Gasteiger partial charge in [-0.1, -0.05) is 12.8 Å². The monoisotopic (exact) mass is 268 g/mol. The summed E-state index contributed by atoms with van der Waals surface area (Å²) in [7, 11) is 0. The molecule has 1 spiro atoms. The molecule has 19 heavy (non-hydrogen) atoms. The minimum atomic E-state index is -0.660. The number of carboxylic acid groups (broad SMARTS) is 1. The predicted molar refractivity (Wildman–Crippen MR) is 70.0 cm³/mol. The fourth-order valence-electron chi connectivity index (χ4n) is 4.35. The second-order valence-corrected chi connectivity index (χ2v) is 6.55. The average Bonchev–Trinajstić information content (AvgIpc) is 2.87. The van der Waals surface area contributed by atoms with Crippen LogP contribution in [0.2, 0.25) is 0 Å². The van der Waals surface area contributed by atoms with Crippen molar-refractivity contribution in [3.05, 3.63) is 0 Å². The van der Waals surface area contributed by atoms with E-state index in [1.54, 1.807) is 0 Å². The van der Waals surface area contributed by atoms with Gasteiger partial charge in [0.2, 0.25) is 0 Å². The van der Waals surface area contributed by atoms with Crippen molar-refractivity contribution < 1.29 is 19.4 Å². The fraction of sp³-hybridized carbons (Fsp3) is 0.933. The Morgan fingerprint density at radius 1 is 1.11 bits per heavy atom. The maximum atomic E-state index is 11.9. The van der Waals surface area contributed by atoms with Crippen LogP contribution < -0.4 is 0 Å². The van der Waals surface area contributed by atoms with Crippen molar-refractivity contribution in [2.75, 3.05) is 19.8 Å². The van der Waals surface area contributed by atoms with Gasteiger partial charge in [-0.05, 0) is 44.4 Å². The van der Waals surface area contributed by atoms with Gasteiger partial charge in [-0.25, -0.2) is 0 Å². The first-order chi connectivity index (χ1) is 9.17. The third-order valence-electron chi connectivity index (χ3n) is 5.49. The predicted octanol–water partition coefficient (Wildman–Crippen LogP) is 2.61. The first-order valence-electron chi connectivity index (χ1n) is 7.62. The zero-order valence-corrected chi connectivity index (χ0v) is 11.5. The molecule has 2 aliphatic heterocycles. The molecule has 3 aliphatic rings. The summed E-state index contributed by atoms with van der Waals surface area (Å²) in [6.45, 7) is 1.83. The molecule has 4 nitrogen and oxygen atoms in total. The van der Waals surface area contributed by atoms with E-state index in [-0.39, 0.29) is 11.5 Å². The van der Waals surface area contributed by atoms with E-state index in [4.69, 9.17) is 9.47 Å². The van der Waals surface area contributed by atoms with Crippen molar-refractivity contribution >= 4 is 5.97 Å². The van der Waals surface area contributed by atoms with Crippen molar-refractivity contribution in [1.82, 2.24) is 0 Å². The lowest BCUT2D eigenvalue weighted by atomic mass is 9.65. The maximum Gasteiger partial charge on any atom is 0.312 e. The molecule has 2 atom stereocenters. The summed E-state index contributed by atoms with van der Waals surface area (Å²) in [6.07, 6.45) is 8.10. The van der Waals surface area contributed by atoms with Crippen molar-refractivity contribution in [2.45, 2.75) is 57.0 Å². The molecule has 2 saturated heterocycles. The zero-order valence-electron chi connectivity index (χ0n) is 11.5. The number of rotatable bonds is 2. The molecule has 0 radical (unpaired) electrons. The standard InChI is InChI=1S/C15H24O4/c16-13(17)15(7-3-8-18-11-15)12-4-9-19-14(10-12)5-1-2-6-14/h12H,1-11H2,(H,16,17). The van der Waals surface area contributed by atoms with Crippen molar-refractivity contribution in [3.8, 4) is 0 Å². The lowest BCUT2D eigenvalue weighted by Gasteiger charge is -2.47. The van der Waals surface area contributed by atoms with Crippen molar-refractivity contribution in [1.29, 1.82) is 0 Å². The van der Waals surface area contributed by atoms with Crippen LogP contribution in [0.5, 0.6) is 0 Å². The van der Waals surface area contributed by atoms with Crippen LogP contribution in [-0.4, -0.2) is 36.5 Å². The van der Waals surface area contributed by atoms with E-state index in [1.165, 1.54) is 12.8 Å². The molecule has 108 valence electrons. The molecule has 2 heterocycles. The molecule has 0 aromatic heterocycles. The van der Waals surface area contributed by atoms with Gasteiger partial charge in [-0.2, -0.15) is 0 Å². The van der Waals surface area contributed by atoms with Gasteiger partial charge in [0.25, 0.3) is 0 Å². The van der Waals surface area contributed by atoms with Gasteiger partial charge in [0.1, 0.15) is 0 Å². The summed E-state index contributed by atoms with van der Waals surface area (Å²) in [5, 5.41) is 9.75. The molecule has 4 heteroatoms. The third-order valence-corrected chi connectivity index (χ3v) is 5.49. The van der Waals surface area contributed by atoms with Gasteiger partial charge in [-0.15, -0.1) is 0 Å². The summed E-state index contributed by atoms with van der Waals surface area (Å²) in [4.78, 5) is 11.9. The first-order valence-corrected chi connectivity index (χ1v) is 7.62. The lowest BCUT2D eigenvalue weighted by molar-refractivity contribution is -0.177. The lowest BCUT2D eigenvalue weighted by Crippen LogP contribution is -2.51. The Morgan fingerprint density at radius 3 is 2.53 bits per heavy atom. The van der Waals surface area contributed by atoms with Crippen LogP contribution in [0, 0.1) is 11.3 Å². The van der Waals surface area contributed by atoms with Gasteiger partial charge in [0.15, 0.2) is 0 Å². The Labute approximate surface area is 114 Å². The Bertz CT molecular complexity index is 340. The van der Waals surface area contributed by atoms with Crippen LogP contribution in [0.4, 0.5) is 0 Å². The second kappa shape index (κ2) is 5.06. The molecular formula is C15H24O4. The highest BCUT2D eigenvalue weighted by atomic mass is 16.5. The van der Waals surface area contributed by atoms with Gasteiger partial charge in [0, 0.05) is 13.2 Å². The number of ether oxygens (including phenoxy) is 2. The Balaban J connectivity index is 1.80. The quantitative estimate of drug-likeness (QED) is 0.836. The minimum absolute atomic E-state index is 0.0111. The van der Waals surface area contributed by atoms with Crippen LogP contribution in [0.1, 0.15) is 51.4 Å². The Hall–Kier alpha value is -0.610. The van der Waals surface area contributed by atoms with Crippen LogP contribution >= 0.6 is 0 Å². The highest BCUT2D eigenvalue weighted by Gasteiger charge is 2.52. The van der Waals surface area contributed by atoms with Crippen LogP contribution in [0.25, 0.3) is 0 Å². The van der Waals surface area contributed by atoms with E-state index < -0.39 is 11.4 Å². The smallest absolute Gasteiger partial charge is 0.312 e. The molecule has 1 saturated carbocycles. The largest absolute Gasteiger partial charge is 0.481 e. The molecule has 1 aliphatic carbocycles. The number of aliphatic carboxylic acids is 1. The Kier molecular flexibility index (Phi) is 3.56. The first kappa shape index (κ1) is 13.4. The summed E-state index contributed by atoms with van der Waals surface area (Å²) < 4.78 is 11.6. The maximum absolute atomic E-state index is 11.9. The summed E-state index contributed by atoms with van der Waals surface area (Å²) in [5.74, 6) is -0.440. The Morgan fingerprint density at radius 2 is 1.89 bits per heavy atom. The van der Waals surface area contributed by atoms with E-state index in [2.05, 4.69) is 0 Å². The van der Waals surface area contributed by atoms with Crippen molar-refractivity contribution in [2.24, 2.45) is 11.3 Å². The van der Waals surface area contributed by atoms with E-state index in [0.29, 0.717) is 13.2 Å². The molecule has 1 N–H and O–H groups in total. The summed E-state index contributed by atoms with van der Waals surface area (Å²) in [5.41, 5.74) is -0.666. The number of carbonyl (C=O) groups is 1. The molecule has 3 rings (SSSR count). The van der Waals surface area contributed by atoms with Crippen LogP contribution in [0.15, 0.2) is 0 Å². The number of carboxylic acids is 1. The average molecular weight is 268 g/mol. The SMILES string of the molecule is O=C(O)C1(C2CCOC3(CCCC3)C2)CCCOC1. The molecule has 0 amide bonds. The highest BCUT2D eigenvalue weighted by Crippen LogP contribution is 2.49. The van der Waals surface area contributed by atoms with Crippen LogP contribution in [0.3, 0.4) is 0 Å². The second-order valence-electron chi connectivity index (χ2n) is 6.55. The fourth-order valence-corrected chi connectivity index (χ4v) is 4.35. The molecule has 0 bridgehead atoms. The molecular weight excluding hydrogens is 244 g/mol. The summed E-state index contributed by atoms with van der Waals surface area (Å²) >= 11 is 0. The zero-order chi connectivity index (χ0) is 13.3.